The molecule has 0 saturated carbocycles. The van der Waals surface area contributed by atoms with Gasteiger partial charge in [-0.1, -0.05) is 6.92 Å². The van der Waals surface area contributed by atoms with Gasteiger partial charge in [-0.25, -0.2) is 8.42 Å². The second-order valence-corrected chi connectivity index (χ2v) is 8.93. The molecular formula is C18H23N5O5S. The Morgan fingerprint density at radius 2 is 1.97 bits per heavy atom. The summed E-state index contributed by atoms with van der Waals surface area (Å²) in [6.07, 6.45) is 2.97. The van der Waals surface area contributed by atoms with Crippen molar-refractivity contribution in [1.29, 1.82) is 0 Å². The second-order valence-electron chi connectivity index (χ2n) is 6.91. The number of esters is 1. The Labute approximate surface area is 168 Å². The Kier molecular flexibility index (Phi) is 6.26. The standard InChI is InChI=1S/C18H23N5O5S/c1-3-17(24)22-10-4-5-13(11-22)18(25)28-12-16-19-20-21-23(16)14-6-8-15(9-7-14)29(2,26)27/h6-9,13H,3-5,10-12H2,1-2H3/t13-/m0/s1. The van der Waals surface area contributed by atoms with Crippen LogP contribution in [-0.4, -0.2) is 64.7 Å². The van der Waals surface area contributed by atoms with Gasteiger partial charge in [0.1, 0.15) is 0 Å². The molecule has 2 aromatic rings. The number of rotatable bonds is 6. The molecule has 0 radical (unpaired) electrons. The summed E-state index contributed by atoms with van der Waals surface area (Å²) < 4.78 is 29.9. The molecule has 0 unspecified atom stereocenters. The van der Waals surface area contributed by atoms with Crippen LogP contribution in [0.1, 0.15) is 32.0 Å². The molecule has 1 aromatic carbocycles. The molecular weight excluding hydrogens is 398 g/mol. The van der Waals surface area contributed by atoms with Crippen LogP contribution in [-0.2, 0) is 30.8 Å². The van der Waals surface area contributed by atoms with E-state index < -0.39 is 9.84 Å². The highest BCUT2D eigenvalue weighted by atomic mass is 32.2. The lowest BCUT2D eigenvalue weighted by Crippen LogP contribution is -2.42. The van der Waals surface area contributed by atoms with E-state index >= 15 is 0 Å². The molecule has 2 heterocycles. The van der Waals surface area contributed by atoms with Gasteiger partial charge in [0.25, 0.3) is 0 Å². The van der Waals surface area contributed by atoms with E-state index in [-0.39, 0.29) is 29.3 Å². The molecule has 10 nitrogen and oxygen atoms in total. The van der Waals surface area contributed by atoms with Crippen molar-refractivity contribution in [3.05, 3.63) is 30.1 Å². The molecule has 156 valence electrons. The largest absolute Gasteiger partial charge is 0.457 e. The predicted molar refractivity (Wildman–Crippen MR) is 102 cm³/mol. The average Bonchev–Trinajstić information content (AvgIpc) is 3.19. The summed E-state index contributed by atoms with van der Waals surface area (Å²) in [5.41, 5.74) is 0.547. The summed E-state index contributed by atoms with van der Waals surface area (Å²) >= 11 is 0. The van der Waals surface area contributed by atoms with Gasteiger partial charge in [-0.3, -0.25) is 9.59 Å². The topological polar surface area (TPSA) is 124 Å². The molecule has 0 aliphatic carbocycles. The van der Waals surface area contributed by atoms with Crippen LogP contribution in [0.25, 0.3) is 5.69 Å². The number of benzene rings is 1. The van der Waals surface area contributed by atoms with E-state index in [9.17, 15) is 18.0 Å². The van der Waals surface area contributed by atoms with Crippen molar-refractivity contribution >= 4 is 21.7 Å². The Hall–Kier alpha value is -2.82. The Morgan fingerprint density at radius 1 is 1.24 bits per heavy atom. The number of hydrogen-bond donors (Lipinski definition) is 0. The van der Waals surface area contributed by atoms with E-state index in [1.54, 1.807) is 24.0 Å². The monoisotopic (exact) mass is 421 g/mol. The first-order valence-corrected chi connectivity index (χ1v) is 11.2. The number of likely N-dealkylation sites (tertiary alicyclic amines) is 1. The maximum Gasteiger partial charge on any atom is 0.311 e. The number of sulfone groups is 1. The Bertz CT molecular complexity index is 986. The lowest BCUT2D eigenvalue weighted by molar-refractivity contribution is -0.153. The van der Waals surface area contributed by atoms with Crippen molar-refractivity contribution in [1.82, 2.24) is 25.1 Å². The lowest BCUT2D eigenvalue weighted by atomic mass is 9.98. The summed E-state index contributed by atoms with van der Waals surface area (Å²) in [6, 6.07) is 6.08. The average molecular weight is 421 g/mol. The fourth-order valence-electron chi connectivity index (χ4n) is 3.20. The van der Waals surface area contributed by atoms with Crippen LogP contribution in [0.5, 0.6) is 0 Å². The van der Waals surface area contributed by atoms with E-state index in [1.165, 1.54) is 16.8 Å². The number of aromatic nitrogens is 4. The third-order valence-corrected chi connectivity index (χ3v) is 5.93. The van der Waals surface area contributed by atoms with Gasteiger partial charge in [0, 0.05) is 25.8 Å². The number of amides is 1. The van der Waals surface area contributed by atoms with E-state index in [1.807, 2.05) is 0 Å². The summed E-state index contributed by atoms with van der Waals surface area (Å²) in [4.78, 5) is 26.2. The molecule has 1 saturated heterocycles. The Morgan fingerprint density at radius 3 is 2.62 bits per heavy atom. The summed E-state index contributed by atoms with van der Waals surface area (Å²) in [5.74, 6) is -0.412. The normalized spacial score (nSPS) is 17.2. The van der Waals surface area contributed by atoms with E-state index in [4.69, 9.17) is 4.74 Å². The van der Waals surface area contributed by atoms with Gasteiger partial charge in [0.15, 0.2) is 22.3 Å². The predicted octanol–water partition coefficient (Wildman–Crippen LogP) is 0.758. The van der Waals surface area contributed by atoms with Crippen molar-refractivity contribution < 1.29 is 22.7 Å². The highest BCUT2D eigenvalue weighted by molar-refractivity contribution is 7.90. The van der Waals surface area contributed by atoms with Crippen LogP contribution in [0, 0.1) is 5.92 Å². The van der Waals surface area contributed by atoms with Crippen LogP contribution >= 0.6 is 0 Å². The first-order valence-electron chi connectivity index (χ1n) is 9.31. The zero-order valence-electron chi connectivity index (χ0n) is 16.3. The number of tetrazole rings is 1. The summed E-state index contributed by atoms with van der Waals surface area (Å²) in [7, 11) is -3.30. The molecule has 0 bridgehead atoms. The van der Waals surface area contributed by atoms with Gasteiger partial charge in [0.05, 0.1) is 16.5 Å². The van der Waals surface area contributed by atoms with Gasteiger partial charge >= 0.3 is 5.97 Å². The van der Waals surface area contributed by atoms with Crippen molar-refractivity contribution in [3.8, 4) is 5.69 Å². The molecule has 1 amide bonds. The third-order valence-electron chi connectivity index (χ3n) is 4.80. The van der Waals surface area contributed by atoms with E-state index in [0.717, 1.165) is 12.7 Å². The molecule has 1 atom stereocenters. The van der Waals surface area contributed by atoms with Crippen LogP contribution in [0.2, 0.25) is 0 Å². The second kappa shape index (κ2) is 8.68. The van der Waals surface area contributed by atoms with Crippen molar-refractivity contribution in [2.24, 2.45) is 5.92 Å². The van der Waals surface area contributed by atoms with E-state index in [0.29, 0.717) is 37.4 Å². The van der Waals surface area contributed by atoms with Crippen LogP contribution in [0.4, 0.5) is 0 Å². The number of nitrogens with zero attached hydrogens (tertiary/aromatic N) is 5. The maximum absolute atomic E-state index is 12.4. The molecule has 1 fully saturated rings. The minimum Gasteiger partial charge on any atom is -0.457 e. The summed E-state index contributed by atoms with van der Waals surface area (Å²) in [5, 5.41) is 11.4. The van der Waals surface area contributed by atoms with Crippen molar-refractivity contribution in [2.75, 3.05) is 19.3 Å². The van der Waals surface area contributed by atoms with Crippen molar-refractivity contribution in [2.45, 2.75) is 37.7 Å². The number of piperidine rings is 1. The third kappa shape index (κ3) is 4.97. The van der Waals surface area contributed by atoms with Gasteiger partial charge in [0.2, 0.25) is 5.91 Å². The number of carbonyl (C=O) groups excluding carboxylic acids is 2. The molecule has 1 aliphatic heterocycles. The molecule has 3 rings (SSSR count). The number of ether oxygens (including phenoxy) is 1. The first-order chi connectivity index (χ1) is 13.8. The molecule has 1 aliphatic rings. The summed E-state index contributed by atoms with van der Waals surface area (Å²) in [6.45, 7) is 2.70. The smallest absolute Gasteiger partial charge is 0.311 e. The fraction of sp³-hybridized carbons (Fsp3) is 0.500. The molecule has 11 heteroatoms. The van der Waals surface area contributed by atoms with Crippen LogP contribution in [0.3, 0.4) is 0 Å². The SMILES string of the molecule is CCC(=O)N1CCC[C@H](C(=O)OCc2nnnn2-c2ccc(S(C)(=O)=O)cc2)C1. The first kappa shape index (κ1) is 20.9. The van der Waals surface area contributed by atoms with Crippen LogP contribution < -0.4 is 0 Å². The van der Waals surface area contributed by atoms with Crippen molar-refractivity contribution in [3.63, 3.8) is 0 Å². The van der Waals surface area contributed by atoms with E-state index in [2.05, 4.69) is 15.5 Å². The number of hydrogen-bond acceptors (Lipinski definition) is 8. The maximum atomic E-state index is 12.4. The fourth-order valence-corrected chi connectivity index (χ4v) is 3.83. The Balaban J connectivity index is 1.64. The molecule has 29 heavy (non-hydrogen) atoms. The van der Waals surface area contributed by atoms with Crippen LogP contribution in [0.15, 0.2) is 29.2 Å². The van der Waals surface area contributed by atoms with Gasteiger partial charge < -0.3 is 9.64 Å². The minimum absolute atomic E-state index is 0.0315. The lowest BCUT2D eigenvalue weighted by Gasteiger charge is -2.31. The highest BCUT2D eigenvalue weighted by Gasteiger charge is 2.29. The zero-order chi connectivity index (χ0) is 21.0. The molecule has 0 spiro atoms. The molecule has 0 N–H and O–H groups in total. The van der Waals surface area contributed by atoms with Gasteiger partial charge in [-0.05, 0) is 47.5 Å². The number of carbonyl (C=O) groups is 2. The van der Waals surface area contributed by atoms with Gasteiger partial charge in [-0.15, -0.1) is 5.10 Å². The van der Waals surface area contributed by atoms with Gasteiger partial charge in [-0.2, -0.15) is 4.68 Å². The molecule has 1 aromatic heterocycles. The zero-order valence-corrected chi connectivity index (χ0v) is 17.1. The highest BCUT2D eigenvalue weighted by Crippen LogP contribution is 2.19. The minimum atomic E-state index is -3.30. The quantitative estimate of drug-likeness (QED) is 0.626.